The highest BCUT2D eigenvalue weighted by Gasteiger charge is 2.12. The Morgan fingerprint density at radius 3 is 2.65 bits per heavy atom. The number of aryl methyl sites for hydroxylation is 1. The smallest absolute Gasteiger partial charge is 0.227 e. The third-order valence-corrected chi connectivity index (χ3v) is 3.79. The second kappa shape index (κ2) is 6.38. The summed E-state index contributed by atoms with van der Waals surface area (Å²) in [5, 5.41) is 8.23. The van der Waals surface area contributed by atoms with Gasteiger partial charge in [0.1, 0.15) is 11.4 Å². The third-order valence-electron chi connectivity index (χ3n) is 3.52. The molecule has 0 aliphatic heterocycles. The molecule has 0 bridgehead atoms. The molecule has 0 amide bonds. The predicted octanol–water partition coefficient (Wildman–Crippen LogP) is 4.63. The molecule has 3 rings (SSSR count). The number of benzene rings is 1. The Hall–Kier alpha value is -2.40. The van der Waals surface area contributed by atoms with E-state index in [4.69, 9.17) is 11.6 Å². The number of hydrogen-bond acceptors (Lipinski definition) is 4. The molecule has 0 fully saturated rings. The number of anilines is 2. The lowest BCUT2D eigenvalue weighted by atomic mass is 10.2. The van der Waals surface area contributed by atoms with Gasteiger partial charge >= 0.3 is 0 Å². The summed E-state index contributed by atoms with van der Waals surface area (Å²) in [6, 6.07) is 10.2. The number of hydrogen-bond donors (Lipinski definition) is 1. The lowest BCUT2D eigenvalue weighted by Gasteiger charge is -2.09. The van der Waals surface area contributed by atoms with E-state index in [9.17, 15) is 0 Å². The van der Waals surface area contributed by atoms with Crippen LogP contribution in [0.4, 0.5) is 11.6 Å². The maximum Gasteiger partial charge on any atom is 0.227 e. The van der Waals surface area contributed by atoms with Crippen LogP contribution in [0.2, 0.25) is 5.02 Å². The second-order valence-electron chi connectivity index (χ2n) is 5.60. The molecule has 0 saturated carbocycles. The topological polar surface area (TPSA) is 55.6 Å². The van der Waals surface area contributed by atoms with Gasteiger partial charge in [-0.25, -0.2) is 9.97 Å². The SMILES string of the molecule is Cc1ccccc1Nc1ncc(Cl)c(-c2ccn(C(C)C)n2)n1. The van der Waals surface area contributed by atoms with Crippen molar-refractivity contribution in [2.24, 2.45) is 0 Å². The quantitative estimate of drug-likeness (QED) is 0.759. The van der Waals surface area contributed by atoms with Crippen molar-refractivity contribution < 1.29 is 0 Å². The molecule has 2 heterocycles. The Morgan fingerprint density at radius 1 is 1.17 bits per heavy atom. The normalized spacial score (nSPS) is 11.0. The van der Waals surface area contributed by atoms with Crippen molar-refractivity contribution >= 4 is 23.2 Å². The van der Waals surface area contributed by atoms with E-state index >= 15 is 0 Å². The maximum absolute atomic E-state index is 6.25. The van der Waals surface area contributed by atoms with Gasteiger partial charge in [0.15, 0.2) is 0 Å². The van der Waals surface area contributed by atoms with Gasteiger partial charge in [-0.05, 0) is 38.5 Å². The van der Waals surface area contributed by atoms with Crippen LogP contribution in [0.3, 0.4) is 0 Å². The van der Waals surface area contributed by atoms with Crippen LogP contribution in [0, 0.1) is 6.92 Å². The van der Waals surface area contributed by atoms with E-state index in [1.807, 2.05) is 48.1 Å². The van der Waals surface area contributed by atoms with E-state index in [1.165, 1.54) is 0 Å². The van der Waals surface area contributed by atoms with Crippen LogP contribution in [0.5, 0.6) is 0 Å². The molecule has 0 atom stereocenters. The van der Waals surface area contributed by atoms with Crippen molar-refractivity contribution in [1.82, 2.24) is 19.7 Å². The molecule has 0 saturated heterocycles. The van der Waals surface area contributed by atoms with Crippen LogP contribution in [0.25, 0.3) is 11.4 Å². The van der Waals surface area contributed by atoms with Gasteiger partial charge in [0.2, 0.25) is 5.95 Å². The molecule has 0 aliphatic rings. The predicted molar refractivity (Wildman–Crippen MR) is 93.1 cm³/mol. The summed E-state index contributed by atoms with van der Waals surface area (Å²) < 4.78 is 1.88. The number of nitrogens with one attached hydrogen (secondary N) is 1. The number of nitrogens with zero attached hydrogens (tertiary/aromatic N) is 4. The minimum atomic E-state index is 0.286. The summed E-state index contributed by atoms with van der Waals surface area (Å²) in [4.78, 5) is 8.78. The number of halogens is 1. The van der Waals surface area contributed by atoms with E-state index in [-0.39, 0.29) is 6.04 Å². The van der Waals surface area contributed by atoms with Gasteiger partial charge in [0, 0.05) is 17.9 Å². The molecule has 5 nitrogen and oxygen atoms in total. The molecule has 0 spiro atoms. The van der Waals surface area contributed by atoms with Crippen molar-refractivity contribution in [3.8, 4) is 11.4 Å². The van der Waals surface area contributed by atoms with Crippen molar-refractivity contribution in [2.45, 2.75) is 26.8 Å². The summed E-state index contributed by atoms with van der Waals surface area (Å²) in [6.45, 7) is 6.18. The maximum atomic E-state index is 6.25. The van der Waals surface area contributed by atoms with E-state index in [0.717, 1.165) is 16.9 Å². The Kier molecular flexibility index (Phi) is 4.30. The minimum absolute atomic E-state index is 0.286. The zero-order valence-corrected chi connectivity index (χ0v) is 14.0. The molecule has 1 N–H and O–H groups in total. The van der Waals surface area contributed by atoms with E-state index < -0.39 is 0 Å². The Bertz CT molecular complexity index is 825. The lowest BCUT2D eigenvalue weighted by Crippen LogP contribution is -2.02. The summed E-state index contributed by atoms with van der Waals surface area (Å²) in [7, 11) is 0. The molecule has 2 aromatic heterocycles. The Labute approximate surface area is 140 Å². The van der Waals surface area contributed by atoms with Crippen LogP contribution >= 0.6 is 11.6 Å². The van der Waals surface area contributed by atoms with Gasteiger partial charge in [-0.1, -0.05) is 29.8 Å². The molecule has 118 valence electrons. The minimum Gasteiger partial charge on any atom is -0.324 e. The molecular weight excluding hydrogens is 310 g/mol. The molecule has 0 aliphatic carbocycles. The number of para-hydroxylation sites is 1. The molecule has 0 radical (unpaired) electrons. The molecule has 3 aromatic rings. The van der Waals surface area contributed by atoms with Crippen LogP contribution < -0.4 is 5.32 Å². The third kappa shape index (κ3) is 3.35. The van der Waals surface area contributed by atoms with Gasteiger partial charge in [-0.3, -0.25) is 4.68 Å². The van der Waals surface area contributed by atoms with Crippen LogP contribution in [0.1, 0.15) is 25.5 Å². The summed E-state index contributed by atoms with van der Waals surface area (Å²) in [6.07, 6.45) is 3.52. The fourth-order valence-corrected chi connectivity index (χ4v) is 2.38. The highest BCUT2D eigenvalue weighted by Crippen LogP contribution is 2.26. The molecule has 1 aromatic carbocycles. The summed E-state index contributed by atoms with van der Waals surface area (Å²) in [5.74, 6) is 0.498. The number of aromatic nitrogens is 4. The average Bonchev–Trinajstić information content (AvgIpc) is 3.01. The first-order chi connectivity index (χ1) is 11.0. The van der Waals surface area contributed by atoms with Crippen molar-refractivity contribution in [2.75, 3.05) is 5.32 Å². The van der Waals surface area contributed by atoms with Gasteiger partial charge in [0.25, 0.3) is 0 Å². The van der Waals surface area contributed by atoms with Gasteiger partial charge in [-0.2, -0.15) is 5.10 Å². The summed E-state index contributed by atoms with van der Waals surface area (Å²) >= 11 is 6.25. The van der Waals surface area contributed by atoms with Crippen molar-refractivity contribution in [3.05, 3.63) is 53.3 Å². The summed E-state index contributed by atoms with van der Waals surface area (Å²) in [5.41, 5.74) is 3.45. The van der Waals surface area contributed by atoms with Gasteiger partial charge < -0.3 is 5.32 Å². The largest absolute Gasteiger partial charge is 0.324 e. The Balaban J connectivity index is 1.94. The van der Waals surface area contributed by atoms with Crippen LogP contribution in [0.15, 0.2) is 42.7 Å². The van der Waals surface area contributed by atoms with Gasteiger partial charge in [-0.15, -0.1) is 0 Å². The average molecular weight is 328 g/mol. The second-order valence-corrected chi connectivity index (χ2v) is 6.01. The zero-order chi connectivity index (χ0) is 16.4. The fraction of sp³-hybridized carbons (Fsp3) is 0.235. The molecule has 23 heavy (non-hydrogen) atoms. The zero-order valence-electron chi connectivity index (χ0n) is 13.3. The molecule has 6 heteroatoms. The first kappa shape index (κ1) is 15.5. The van der Waals surface area contributed by atoms with Crippen LogP contribution in [-0.2, 0) is 0 Å². The van der Waals surface area contributed by atoms with E-state index in [2.05, 4.69) is 34.2 Å². The standard InChI is InChI=1S/C17H18ClN5/c1-11(2)23-9-8-15(22-23)16-13(18)10-19-17(21-16)20-14-7-5-4-6-12(14)3/h4-11H,1-3H3,(H,19,20,21). The molecular formula is C17H18ClN5. The monoisotopic (exact) mass is 327 g/mol. The van der Waals surface area contributed by atoms with Crippen molar-refractivity contribution in [1.29, 1.82) is 0 Å². The van der Waals surface area contributed by atoms with Gasteiger partial charge in [0.05, 0.1) is 11.2 Å². The van der Waals surface area contributed by atoms with Crippen LogP contribution in [-0.4, -0.2) is 19.7 Å². The highest BCUT2D eigenvalue weighted by molar-refractivity contribution is 6.32. The lowest BCUT2D eigenvalue weighted by molar-refractivity contribution is 0.534. The van der Waals surface area contributed by atoms with Crippen molar-refractivity contribution in [3.63, 3.8) is 0 Å². The number of rotatable bonds is 4. The first-order valence-electron chi connectivity index (χ1n) is 7.45. The highest BCUT2D eigenvalue weighted by atomic mass is 35.5. The first-order valence-corrected chi connectivity index (χ1v) is 7.83. The van der Waals surface area contributed by atoms with E-state index in [1.54, 1.807) is 6.20 Å². The fourth-order valence-electron chi connectivity index (χ4n) is 2.19. The van der Waals surface area contributed by atoms with E-state index in [0.29, 0.717) is 16.7 Å². The molecule has 0 unspecified atom stereocenters. The Morgan fingerprint density at radius 2 is 1.96 bits per heavy atom.